The second-order valence-corrected chi connectivity index (χ2v) is 5.74. The molecule has 3 nitrogen and oxygen atoms in total. The first-order chi connectivity index (χ1) is 9.85. The third-order valence-corrected chi connectivity index (χ3v) is 4.41. The number of benzene rings is 1. The number of carbonyl (C=O) groups excluding carboxylic acids is 1. The molecule has 0 radical (unpaired) electrons. The maximum atomic E-state index is 13.8. The van der Waals surface area contributed by atoms with Crippen LogP contribution in [-0.4, -0.2) is 16.9 Å². The van der Waals surface area contributed by atoms with Crippen LogP contribution in [0.15, 0.2) is 12.1 Å². The maximum Gasteiger partial charge on any atom is 0.307 e. The summed E-state index contributed by atoms with van der Waals surface area (Å²) >= 11 is 0. The smallest absolute Gasteiger partial charge is 0.307 e. The highest BCUT2D eigenvalue weighted by molar-refractivity contribution is 6.00. The molecule has 1 N–H and O–H groups in total. The number of ketones is 1. The van der Waals surface area contributed by atoms with Crippen LogP contribution >= 0.6 is 0 Å². The molecule has 1 aliphatic carbocycles. The van der Waals surface area contributed by atoms with Gasteiger partial charge in [0, 0.05) is 12.0 Å². The van der Waals surface area contributed by atoms with Crippen LogP contribution in [0.1, 0.15) is 42.1 Å². The van der Waals surface area contributed by atoms with E-state index in [1.54, 1.807) is 0 Å². The Balaban J connectivity index is 2.34. The Labute approximate surface area is 122 Å². The largest absolute Gasteiger partial charge is 0.481 e. The van der Waals surface area contributed by atoms with Gasteiger partial charge in [0.05, 0.1) is 11.5 Å². The summed E-state index contributed by atoms with van der Waals surface area (Å²) in [6, 6.07) is 1.86. The van der Waals surface area contributed by atoms with Crippen molar-refractivity contribution >= 4 is 11.8 Å². The number of Topliss-reactive ketones (excluding diaryl/α,β-unsaturated/α-hetero) is 1. The summed E-state index contributed by atoms with van der Waals surface area (Å²) in [5.74, 6) is -4.55. The van der Waals surface area contributed by atoms with Crippen LogP contribution in [0, 0.1) is 36.3 Å². The highest BCUT2D eigenvalue weighted by atomic mass is 19.1. The van der Waals surface area contributed by atoms with E-state index in [-0.39, 0.29) is 17.0 Å². The van der Waals surface area contributed by atoms with Gasteiger partial charge in [-0.2, -0.15) is 0 Å². The number of aryl methyl sites for hydroxylation is 1. The van der Waals surface area contributed by atoms with Crippen molar-refractivity contribution in [2.45, 2.75) is 33.1 Å². The minimum Gasteiger partial charge on any atom is -0.481 e. The van der Waals surface area contributed by atoms with Gasteiger partial charge in [-0.3, -0.25) is 9.59 Å². The number of rotatable bonds is 4. The Morgan fingerprint density at radius 1 is 1.19 bits per heavy atom. The highest BCUT2D eigenvalue weighted by Gasteiger charge is 2.42. The van der Waals surface area contributed by atoms with Gasteiger partial charge < -0.3 is 5.11 Å². The van der Waals surface area contributed by atoms with Crippen LogP contribution in [0.25, 0.3) is 0 Å². The molecule has 3 unspecified atom stereocenters. The molecule has 0 spiro atoms. The molecule has 1 saturated carbocycles. The predicted molar refractivity (Wildman–Crippen MR) is 73.1 cm³/mol. The van der Waals surface area contributed by atoms with Crippen molar-refractivity contribution in [1.29, 1.82) is 0 Å². The molecule has 21 heavy (non-hydrogen) atoms. The number of carbonyl (C=O) groups is 2. The lowest BCUT2D eigenvalue weighted by molar-refractivity contribution is -0.142. The molecule has 3 atom stereocenters. The zero-order chi connectivity index (χ0) is 15.7. The maximum absolute atomic E-state index is 13.8. The fourth-order valence-electron chi connectivity index (χ4n) is 3.08. The molecule has 0 saturated heterocycles. The Bertz CT molecular complexity index is 583. The van der Waals surface area contributed by atoms with Crippen LogP contribution in [0.5, 0.6) is 0 Å². The molecule has 114 valence electrons. The Morgan fingerprint density at radius 3 is 2.38 bits per heavy atom. The molecule has 0 aliphatic heterocycles. The summed E-state index contributed by atoms with van der Waals surface area (Å²) in [6.45, 7) is 3.39. The molecule has 1 aliphatic rings. The van der Waals surface area contributed by atoms with Gasteiger partial charge in [-0.05, 0) is 37.3 Å². The number of carboxylic acids is 1. The Hall–Kier alpha value is -1.78. The van der Waals surface area contributed by atoms with Gasteiger partial charge in [0.2, 0.25) is 0 Å². The summed E-state index contributed by atoms with van der Waals surface area (Å²) in [4.78, 5) is 23.8. The predicted octanol–water partition coefficient (Wildman–Crippen LogP) is 3.59. The van der Waals surface area contributed by atoms with Crippen molar-refractivity contribution in [2.75, 3.05) is 0 Å². The van der Waals surface area contributed by atoms with E-state index in [9.17, 15) is 23.5 Å². The van der Waals surface area contributed by atoms with E-state index in [0.29, 0.717) is 18.9 Å². The lowest BCUT2D eigenvalue weighted by Crippen LogP contribution is -2.26. The second-order valence-electron chi connectivity index (χ2n) is 5.74. The van der Waals surface area contributed by atoms with Gasteiger partial charge >= 0.3 is 5.97 Å². The van der Waals surface area contributed by atoms with Gasteiger partial charge in [-0.15, -0.1) is 0 Å². The molecule has 1 aromatic rings. The average molecular weight is 296 g/mol. The SMILES string of the molecule is CCC1CC(C(=O)O)C(C(=O)c2cc(C)c(F)cc2F)C1. The van der Waals surface area contributed by atoms with E-state index >= 15 is 0 Å². The van der Waals surface area contributed by atoms with E-state index in [2.05, 4.69) is 0 Å². The Kier molecular flexibility index (Phi) is 4.40. The van der Waals surface area contributed by atoms with E-state index < -0.39 is 35.2 Å². The number of carboxylic acid groups (broad SMARTS) is 1. The first-order valence-corrected chi connectivity index (χ1v) is 7.07. The van der Waals surface area contributed by atoms with Gasteiger partial charge in [0.15, 0.2) is 5.78 Å². The number of hydrogen-bond acceptors (Lipinski definition) is 2. The van der Waals surface area contributed by atoms with Crippen molar-refractivity contribution < 1.29 is 23.5 Å². The molecule has 1 fully saturated rings. The van der Waals surface area contributed by atoms with Crippen LogP contribution in [0.2, 0.25) is 0 Å². The third kappa shape index (κ3) is 2.96. The van der Waals surface area contributed by atoms with Crippen LogP contribution in [-0.2, 0) is 4.79 Å². The van der Waals surface area contributed by atoms with Crippen molar-refractivity contribution in [2.24, 2.45) is 17.8 Å². The van der Waals surface area contributed by atoms with E-state index in [0.717, 1.165) is 6.42 Å². The van der Waals surface area contributed by atoms with Crippen LogP contribution in [0.4, 0.5) is 8.78 Å². The zero-order valence-corrected chi connectivity index (χ0v) is 12.0. The first kappa shape index (κ1) is 15.6. The molecule has 0 heterocycles. The van der Waals surface area contributed by atoms with Crippen LogP contribution in [0.3, 0.4) is 0 Å². The van der Waals surface area contributed by atoms with E-state index in [4.69, 9.17) is 0 Å². The number of aliphatic carboxylic acids is 1. The molecule has 0 bridgehead atoms. The normalized spacial score (nSPS) is 25.0. The summed E-state index contributed by atoms with van der Waals surface area (Å²) in [7, 11) is 0. The molecule has 0 amide bonds. The highest BCUT2D eigenvalue weighted by Crippen LogP contribution is 2.40. The molecule has 0 aromatic heterocycles. The van der Waals surface area contributed by atoms with Crippen molar-refractivity contribution in [1.82, 2.24) is 0 Å². The summed E-state index contributed by atoms with van der Waals surface area (Å²) < 4.78 is 27.1. The Morgan fingerprint density at radius 2 is 1.81 bits per heavy atom. The topological polar surface area (TPSA) is 54.4 Å². The number of halogens is 2. The molecular weight excluding hydrogens is 278 g/mol. The summed E-state index contributed by atoms with van der Waals surface area (Å²) in [5, 5.41) is 9.25. The molecular formula is C16H18F2O3. The zero-order valence-electron chi connectivity index (χ0n) is 12.0. The lowest BCUT2D eigenvalue weighted by atomic mass is 9.87. The minimum atomic E-state index is -1.02. The van der Waals surface area contributed by atoms with Gasteiger partial charge in [-0.1, -0.05) is 13.3 Å². The summed E-state index contributed by atoms with van der Waals surface area (Å²) in [5.41, 5.74) is -0.0291. The van der Waals surface area contributed by atoms with Crippen molar-refractivity contribution in [3.05, 3.63) is 34.9 Å². The monoisotopic (exact) mass is 296 g/mol. The fourth-order valence-corrected chi connectivity index (χ4v) is 3.08. The van der Waals surface area contributed by atoms with Crippen molar-refractivity contribution in [3.63, 3.8) is 0 Å². The molecule has 5 heteroatoms. The first-order valence-electron chi connectivity index (χ1n) is 7.07. The standard InChI is InChI=1S/C16H18F2O3/c1-3-9-5-10(11(6-9)16(20)21)15(19)12-4-8(2)13(17)7-14(12)18/h4,7,9-11H,3,5-6H2,1-2H3,(H,20,21). The number of hydrogen-bond donors (Lipinski definition) is 1. The molecule has 2 rings (SSSR count). The van der Waals surface area contributed by atoms with Gasteiger partial charge in [-0.25, -0.2) is 8.78 Å². The quantitative estimate of drug-likeness (QED) is 0.864. The van der Waals surface area contributed by atoms with Gasteiger partial charge in [0.1, 0.15) is 11.6 Å². The molecule has 1 aromatic carbocycles. The fraction of sp³-hybridized carbons (Fsp3) is 0.500. The summed E-state index contributed by atoms with van der Waals surface area (Å²) in [6.07, 6.45) is 1.67. The lowest BCUT2D eigenvalue weighted by Gasteiger charge is -2.15. The minimum absolute atomic E-state index is 0.157. The average Bonchev–Trinajstić information content (AvgIpc) is 2.86. The third-order valence-electron chi connectivity index (χ3n) is 4.41. The van der Waals surface area contributed by atoms with E-state index in [1.807, 2.05) is 6.92 Å². The van der Waals surface area contributed by atoms with Crippen molar-refractivity contribution in [3.8, 4) is 0 Å². The van der Waals surface area contributed by atoms with Gasteiger partial charge in [0.25, 0.3) is 0 Å². The van der Waals surface area contributed by atoms with Crippen LogP contribution < -0.4 is 0 Å². The van der Waals surface area contributed by atoms with E-state index in [1.165, 1.54) is 13.0 Å². The second kappa shape index (κ2) is 5.92.